The third-order valence-electron chi connectivity index (χ3n) is 4.20. The van der Waals surface area contributed by atoms with Crippen molar-refractivity contribution >= 4 is 5.96 Å². The second-order valence-electron chi connectivity index (χ2n) is 6.83. The number of hydrogen-bond donors (Lipinski definition) is 3. The summed E-state index contributed by atoms with van der Waals surface area (Å²) in [6, 6.07) is 10.2. The molecule has 1 aliphatic heterocycles. The summed E-state index contributed by atoms with van der Waals surface area (Å²) in [5.74, 6) is 1.14. The minimum absolute atomic E-state index is 0.111. The standard InChI is InChI=1S/C19H31N3O3/c1-3-20-18(22-12-19(13-23)14-25-15-19)21-9-16(2)10-24-11-17-7-5-4-6-8-17/h4-8,16,23H,3,9-15H2,1-2H3,(H2,20,21,22). The zero-order valence-electron chi connectivity index (χ0n) is 15.3. The van der Waals surface area contributed by atoms with Gasteiger partial charge in [0.15, 0.2) is 5.96 Å². The van der Waals surface area contributed by atoms with Gasteiger partial charge in [0.05, 0.1) is 45.0 Å². The van der Waals surface area contributed by atoms with Crippen LogP contribution in [0.25, 0.3) is 0 Å². The summed E-state index contributed by atoms with van der Waals surface area (Å²) in [6.45, 7) is 8.93. The number of ether oxygens (including phenoxy) is 2. The fourth-order valence-corrected chi connectivity index (χ4v) is 2.49. The second-order valence-corrected chi connectivity index (χ2v) is 6.83. The van der Waals surface area contributed by atoms with Crippen molar-refractivity contribution in [3.63, 3.8) is 0 Å². The zero-order valence-corrected chi connectivity index (χ0v) is 15.3. The van der Waals surface area contributed by atoms with Crippen molar-refractivity contribution in [1.82, 2.24) is 10.6 Å². The monoisotopic (exact) mass is 349 g/mol. The molecule has 6 nitrogen and oxygen atoms in total. The third kappa shape index (κ3) is 6.65. The van der Waals surface area contributed by atoms with Gasteiger partial charge in [-0.25, -0.2) is 0 Å². The van der Waals surface area contributed by atoms with Crippen LogP contribution in [0.5, 0.6) is 0 Å². The minimum atomic E-state index is -0.202. The van der Waals surface area contributed by atoms with Crippen LogP contribution in [0.4, 0.5) is 0 Å². The molecule has 6 heteroatoms. The summed E-state index contributed by atoms with van der Waals surface area (Å²) in [5, 5.41) is 16.1. The zero-order chi connectivity index (χ0) is 18.0. The van der Waals surface area contributed by atoms with E-state index in [1.54, 1.807) is 0 Å². The molecule has 1 aromatic rings. The van der Waals surface area contributed by atoms with E-state index in [0.29, 0.717) is 38.9 Å². The van der Waals surface area contributed by atoms with Crippen molar-refractivity contribution < 1.29 is 14.6 Å². The topological polar surface area (TPSA) is 75.1 Å². The molecule has 1 unspecified atom stereocenters. The molecule has 25 heavy (non-hydrogen) atoms. The van der Waals surface area contributed by atoms with Gasteiger partial charge >= 0.3 is 0 Å². The predicted molar refractivity (Wildman–Crippen MR) is 99.6 cm³/mol. The number of nitrogens with zero attached hydrogens (tertiary/aromatic N) is 1. The maximum Gasteiger partial charge on any atom is 0.191 e. The fraction of sp³-hybridized carbons (Fsp3) is 0.632. The highest BCUT2D eigenvalue weighted by Crippen LogP contribution is 2.26. The molecule has 1 atom stereocenters. The molecule has 0 saturated carbocycles. The maximum absolute atomic E-state index is 9.48. The number of aliphatic hydroxyl groups is 1. The smallest absolute Gasteiger partial charge is 0.191 e. The number of guanidine groups is 1. The van der Waals surface area contributed by atoms with Gasteiger partial charge in [-0.3, -0.25) is 4.99 Å². The third-order valence-corrected chi connectivity index (χ3v) is 4.20. The van der Waals surface area contributed by atoms with Gasteiger partial charge in [0, 0.05) is 13.1 Å². The quantitative estimate of drug-likeness (QED) is 0.440. The number of aliphatic imine (C=N–C) groups is 1. The van der Waals surface area contributed by atoms with Crippen molar-refractivity contribution in [1.29, 1.82) is 0 Å². The highest BCUT2D eigenvalue weighted by atomic mass is 16.5. The Kier molecular flexibility index (Phi) is 8.18. The molecular weight excluding hydrogens is 318 g/mol. The molecule has 1 aromatic carbocycles. The van der Waals surface area contributed by atoms with Crippen LogP contribution in [0.2, 0.25) is 0 Å². The lowest BCUT2D eigenvalue weighted by Crippen LogP contribution is -2.49. The molecule has 1 saturated heterocycles. The molecule has 1 heterocycles. The summed E-state index contributed by atoms with van der Waals surface area (Å²) >= 11 is 0. The SMILES string of the molecule is CCNC(=NCC1(CO)COC1)NCC(C)COCc1ccccc1. The van der Waals surface area contributed by atoms with E-state index in [2.05, 4.69) is 34.7 Å². The highest BCUT2D eigenvalue weighted by Gasteiger charge is 2.37. The summed E-state index contributed by atoms with van der Waals surface area (Å²) < 4.78 is 11.0. The molecule has 1 aliphatic rings. The van der Waals surface area contributed by atoms with E-state index >= 15 is 0 Å². The first-order chi connectivity index (χ1) is 12.2. The Hall–Kier alpha value is -1.63. The van der Waals surface area contributed by atoms with Crippen LogP contribution in [-0.2, 0) is 16.1 Å². The van der Waals surface area contributed by atoms with Crippen molar-refractivity contribution in [2.75, 3.05) is 46.1 Å². The predicted octanol–water partition coefficient (Wildman–Crippen LogP) is 1.40. The van der Waals surface area contributed by atoms with Crippen molar-refractivity contribution in [2.45, 2.75) is 20.5 Å². The summed E-state index contributed by atoms with van der Waals surface area (Å²) in [4.78, 5) is 4.59. The van der Waals surface area contributed by atoms with Crippen LogP contribution >= 0.6 is 0 Å². The van der Waals surface area contributed by atoms with Crippen molar-refractivity contribution in [3.05, 3.63) is 35.9 Å². The molecule has 0 bridgehead atoms. The molecule has 0 amide bonds. The van der Waals surface area contributed by atoms with Crippen LogP contribution in [-0.4, -0.2) is 57.1 Å². The normalized spacial score (nSPS) is 17.6. The van der Waals surface area contributed by atoms with Gasteiger partial charge in [0.2, 0.25) is 0 Å². The molecule has 0 spiro atoms. The number of hydrogen-bond acceptors (Lipinski definition) is 4. The lowest BCUT2D eigenvalue weighted by molar-refractivity contribution is -0.130. The Morgan fingerprint density at radius 3 is 2.68 bits per heavy atom. The number of nitrogens with one attached hydrogen (secondary N) is 2. The summed E-state index contributed by atoms with van der Waals surface area (Å²) in [6.07, 6.45) is 0. The van der Waals surface area contributed by atoms with E-state index in [-0.39, 0.29) is 12.0 Å². The minimum Gasteiger partial charge on any atom is -0.396 e. The first-order valence-corrected chi connectivity index (χ1v) is 9.00. The molecule has 2 rings (SSSR count). The first-order valence-electron chi connectivity index (χ1n) is 9.00. The summed E-state index contributed by atoms with van der Waals surface area (Å²) in [7, 11) is 0. The van der Waals surface area contributed by atoms with E-state index in [0.717, 1.165) is 19.0 Å². The lowest BCUT2D eigenvalue weighted by Gasteiger charge is -2.38. The number of benzene rings is 1. The Morgan fingerprint density at radius 2 is 2.08 bits per heavy atom. The number of rotatable bonds is 10. The van der Waals surface area contributed by atoms with Crippen molar-refractivity contribution in [3.8, 4) is 0 Å². The van der Waals surface area contributed by atoms with Gasteiger partial charge in [-0.2, -0.15) is 0 Å². The van der Waals surface area contributed by atoms with E-state index in [1.807, 2.05) is 25.1 Å². The molecule has 0 radical (unpaired) electrons. The van der Waals surface area contributed by atoms with Gasteiger partial charge in [-0.15, -0.1) is 0 Å². The average molecular weight is 349 g/mol. The molecular formula is C19H31N3O3. The lowest BCUT2D eigenvalue weighted by atomic mass is 9.87. The van der Waals surface area contributed by atoms with Gasteiger partial charge < -0.3 is 25.2 Å². The Balaban J connectivity index is 1.70. The molecule has 1 fully saturated rings. The Labute approximate surface area is 150 Å². The van der Waals surface area contributed by atoms with Crippen LogP contribution < -0.4 is 10.6 Å². The van der Waals surface area contributed by atoms with E-state index < -0.39 is 0 Å². The second kappa shape index (κ2) is 10.4. The molecule has 0 aromatic heterocycles. The van der Waals surface area contributed by atoms with Crippen LogP contribution in [0.15, 0.2) is 35.3 Å². The van der Waals surface area contributed by atoms with Crippen LogP contribution in [0.3, 0.4) is 0 Å². The Morgan fingerprint density at radius 1 is 1.32 bits per heavy atom. The summed E-state index contributed by atoms with van der Waals surface area (Å²) in [5.41, 5.74) is 0.988. The first kappa shape index (κ1) is 19.7. The van der Waals surface area contributed by atoms with Gasteiger partial charge in [0.25, 0.3) is 0 Å². The van der Waals surface area contributed by atoms with E-state index in [9.17, 15) is 5.11 Å². The van der Waals surface area contributed by atoms with Crippen LogP contribution in [0, 0.1) is 11.3 Å². The van der Waals surface area contributed by atoms with E-state index in [1.165, 1.54) is 5.56 Å². The van der Waals surface area contributed by atoms with Crippen LogP contribution in [0.1, 0.15) is 19.4 Å². The van der Waals surface area contributed by atoms with Gasteiger partial charge in [-0.1, -0.05) is 37.3 Å². The van der Waals surface area contributed by atoms with E-state index in [4.69, 9.17) is 9.47 Å². The molecule has 0 aliphatic carbocycles. The van der Waals surface area contributed by atoms with Gasteiger partial charge in [0.1, 0.15) is 0 Å². The molecule has 3 N–H and O–H groups in total. The van der Waals surface area contributed by atoms with Gasteiger partial charge in [-0.05, 0) is 18.4 Å². The average Bonchev–Trinajstić information content (AvgIpc) is 2.60. The molecule has 140 valence electrons. The fourth-order valence-electron chi connectivity index (χ4n) is 2.49. The maximum atomic E-state index is 9.48. The highest BCUT2D eigenvalue weighted by molar-refractivity contribution is 5.79. The Bertz CT molecular complexity index is 512. The number of aliphatic hydroxyl groups excluding tert-OH is 1. The largest absolute Gasteiger partial charge is 0.396 e. The van der Waals surface area contributed by atoms with Crippen molar-refractivity contribution in [2.24, 2.45) is 16.3 Å².